The number of hydrogen-bond donors (Lipinski definition) is 2. The van der Waals surface area contributed by atoms with Crippen LogP contribution in [0.1, 0.15) is 25.5 Å². The summed E-state index contributed by atoms with van der Waals surface area (Å²) in [6.45, 7) is 4.77. The van der Waals surface area contributed by atoms with Crippen LogP contribution in [0.25, 0.3) is 0 Å². The van der Waals surface area contributed by atoms with Gasteiger partial charge in [0.15, 0.2) is 0 Å². The Morgan fingerprint density at radius 3 is 2.20 bits per heavy atom. The fourth-order valence-corrected chi connectivity index (χ4v) is 1.29. The number of phenols is 1. The molecule has 3 heteroatoms. The van der Waals surface area contributed by atoms with E-state index in [2.05, 4.69) is 18.7 Å². The molecule has 0 aromatic heterocycles. The van der Waals surface area contributed by atoms with Crippen LogP contribution in [0.3, 0.4) is 0 Å². The summed E-state index contributed by atoms with van der Waals surface area (Å²) in [6.07, 6.45) is -0.502. The highest BCUT2D eigenvalue weighted by atomic mass is 16.3. The fraction of sp³-hybridized carbons (Fsp3) is 0.500. The van der Waals surface area contributed by atoms with Gasteiger partial charge in [0.1, 0.15) is 5.75 Å². The van der Waals surface area contributed by atoms with Crippen LogP contribution in [0.5, 0.6) is 5.75 Å². The fourth-order valence-electron chi connectivity index (χ4n) is 1.29. The Kier molecular flexibility index (Phi) is 4.12. The van der Waals surface area contributed by atoms with E-state index in [0.717, 1.165) is 5.56 Å². The van der Waals surface area contributed by atoms with Gasteiger partial charge in [-0.25, -0.2) is 0 Å². The lowest BCUT2D eigenvalue weighted by Crippen LogP contribution is -2.30. The first kappa shape index (κ1) is 12.0. The number of likely N-dealkylation sites (N-methyl/N-ethyl adjacent to an activating group) is 1. The average Bonchev–Trinajstić information content (AvgIpc) is 2.18. The summed E-state index contributed by atoms with van der Waals surface area (Å²) >= 11 is 0. The molecule has 3 nitrogen and oxygen atoms in total. The predicted molar refractivity (Wildman–Crippen MR) is 60.8 cm³/mol. The molecule has 0 amide bonds. The lowest BCUT2D eigenvalue weighted by Gasteiger charge is -2.24. The summed E-state index contributed by atoms with van der Waals surface area (Å²) in [5.41, 5.74) is 0.834. The monoisotopic (exact) mass is 209 g/mol. The maximum absolute atomic E-state index is 9.91. The highest BCUT2D eigenvalue weighted by molar-refractivity contribution is 5.27. The SMILES string of the molecule is CC(C)N(C)CC(O)c1ccc(O)cc1. The molecule has 1 unspecified atom stereocenters. The molecule has 1 atom stereocenters. The molecule has 0 saturated carbocycles. The Morgan fingerprint density at radius 1 is 1.20 bits per heavy atom. The van der Waals surface area contributed by atoms with Gasteiger partial charge in [-0.05, 0) is 38.6 Å². The van der Waals surface area contributed by atoms with Gasteiger partial charge in [0, 0.05) is 12.6 Å². The van der Waals surface area contributed by atoms with Crippen molar-refractivity contribution in [1.29, 1.82) is 0 Å². The van der Waals surface area contributed by atoms with Crippen LogP contribution in [0.4, 0.5) is 0 Å². The normalized spacial score (nSPS) is 13.5. The zero-order chi connectivity index (χ0) is 11.4. The first-order valence-electron chi connectivity index (χ1n) is 5.18. The van der Waals surface area contributed by atoms with Crippen molar-refractivity contribution in [1.82, 2.24) is 4.90 Å². The average molecular weight is 209 g/mol. The second-order valence-corrected chi connectivity index (χ2v) is 4.14. The Balaban J connectivity index is 2.61. The number of benzene rings is 1. The molecule has 0 bridgehead atoms. The molecule has 0 spiro atoms. The van der Waals surface area contributed by atoms with Crippen molar-refractivity contribution >= 4 is 0 Å². The molecule has 0 radical (unpaired) electrons. The molecule has 0 aliphatic carbocycles. The molecule has 0 aliphatic rings. The van der Waals surface area contributed by atoms with Crippen molar-refractivity contribution in [2.45, 2.75) is 26.0 Å². The number of aliphatic hydroxyl groups excluding tert-OH is 1. The highest BCUT2D eigenvalue weighted by Gasteiger charge is 2.12. The molecule has 84 valence electrons. The zero-order valence-corrected chi connectivity index (χ0v) is 9.51. The van der Waals surface area contributed by atoms with Gasteiger partial charge in [0.2, 0.25) is 0 Å². The molecular weight excluding hydrogens is 190 g/mol. The van der Waals surface area contributed by atoms with Crippen LogP contribution in [-0.2, 0) is 0 Å². The quantitative estimate of drug-likeness (QED) is 0.794. The summed E-state index contributed by atoms with van der Waals surface area (Å²) in [4.78, 5) is 2.08. The molecule has 0 aliphatic heterocycles. The number of aromatic hydroxyl groups is 1. The van der Waals surface area contributed by atoms with E-state index >= 15 is 0 Å². The van der Waals surface area contributed by atoms with E-state index in [1.54, 1.807) is 24.3 Å². The standard InChI is InChI=1S/C12H19NO2/c1-9(2)13(3)8-12(15)10-4-6-11(14)7-5-10/h4-7,9,12,14-15H,8H2,1-3H3. The van der Waals surface area contributed by atoms with Crippen LogP contribution in [0, 0.1) is 0 Å². The minimum absolute atomic E-state index is 0.225. The van der Waals surface area contributed by atoms with Crippen molar-refractivity contribution in [2.24, 2.45) is 0 Å². The van der Waals surface area contributed by atoms with Crippen LogP contribution in [-0.4, -0.2) is 34.7 Å². The number of hydrogen-bond acceptors (Lipinski definition) is 3. The van der Waals surface area contributed by atoms with E-state index in [9.17, 15) is 5.11 Å². The molecule has 1 rings (SSSR count). The summed E-state index contributed by atoms with van der Waals surface area (Å²) in [5, 5.41) is 19.0. The van der Waals surface area contributed by atoms with Crippen molar-refractivity contribution < 1.29 is 10.2 Å². The van der Waals surface area contributed by atoms with E-state index in [-0.39, 0.29) is 5.75 Å². The zero-order valence-electron chi connectivity index (χ0n) is 9.51. The minimum Gasteiger partial charge on any atom is -0.508 e. The summed E-state index contributed by atoms with van der Waals surface area (Å²) in [7, 11) is 1.98. The maximum atomic E-state index is 9.91. The Hall–Kier alpha value is -1.06. The third-order valence-corrected chi connectivity index (χ3v) is 2.62. The lowest BCUT2D eigenvalue weighted by atomic mass is 10.1. The van der Waals surface area contributed by atoms with Gasteiger partial charge in [-0.15, -0.1) is 0 Å². The molecule has 1 aromatic carbocycles. The lowest BCUT2D eigenvalue weighted by molar-refractivity contribution is 0.112. The summed E-state index contributed by atoms with van der Waals surface area (Å²) in [5.74, 6) is 0.225. The van der Waals surface area contributed by atoms with Gasteiger partial charge >= 0.3 is 0 Å². The molecule has 1 aromatic rings. The predicted octanol–water partition coefficient (Wildman–Crippen LogP) is 1.77. The smallest absolute Gasteiger partial charge is 0.115 e. The van der Waals surface area contributed by atoms with Crippen LogP contribution in [0.2, 0.25) is 0 Å². The number of nitrogens with zero attached hydrogens (tertiary/aromatic N) is 1. The van der Waals surface area contributed by atoms with Crippen molar-refractivity contribution in [3.05, 3.63) is 29.8 Å². The highest BCUT2D eigenvalue weighted by Crippen LogP contribution is 2.17. The van der Waals surface area contributed by atoms with E-state index < -0.39 is 6.10 Å². The topological polar surface area (TPSA) is 43.7 Å². The van der Waals surface area contributed by atoms with Crippen LogP contribution >= 0.6 is 0 Å². The van der Waals surface area contributed by atoms with Gasteiger partial charge in [-0.2, -0.15) is 0 Å². The van der Waals surface area contributed by atoms with Gasteiger partial charge in [0.05, 0.1) is 6.10 Å². The number of aliphatic hydroxyl groups is 1. The van der Waals surface area contributed by atoms with E-state index in [1.807, 2.05) is 7.05 Å². The van der Waals surface area contributed by atoms with Gasteiger partial charge in [-0.3, -0.25) is 0 Å². The van der Waals surface area contributed by atoms with Gasteiger partial charge in [0.25, 0.3) is 0 Å². The van der Waals surface area contributed by atoms with Crippen molar-refractivity contribution in [3.8, 4) is 5.75 Å². The van der Waals surface area contributed by atoms with Gasteiger partial charge < -0.3 is 15.1 Å². The molecule has 0 heterocycles. The Morgan fingerprint density at radius 2 is 1.73 bits per heavy atom. The van der Waals surface area contributed by atoms with E-state index in [4.69, 9.17) is 5.11 Å². The Bertz CT molecular complexity index is 295. The Labute approximate surface area is 91.0 Å². The van der Waals surface area contributed by atoms with Crippen molar-refractivity contribution in [2.75, 3.05) is 13.6 Å². The minimum atomic E-state index is -0.502. The first-order chi connectivity index (χ1) is 7.00. The molecular formula is C12H19NO2. The molecule has 2 N–H and O–H groups in total. The number of rotatable bonds is 4. The van der Waals surface area contributed by atoms with Crippen LogP contribution in [0.15, 0.2) is 24.3 Å². The maximum Gasteiger partial charge on any atom is 0.115 e. The van der Waals surface area contributed by atoms with E-state index in [0.29, 0.717) is 12.6 Å². The third kappa shape index (κ3) is 3.53. The van der Waals surface area contributed by atoms with Crippen molar-refractivity contribution in [3.63, 3.8) is 0 Å². The first-order valence-corrected chi connectivity index (χ1v) is 5.18. The second-order valence-electron chi connectivity index (χ2n) is 4.14. The summed E-state index contributed by atoms with van der Waals surface area (Å²) in [6, 6.07) is 7.08. The molecule has 15 heavy (non-hydrogen) atoms. The molecule has 0 fully saturated rings. The second kappa shape index (κ2) is 5.14. The largest absolute Gasteiger partial charge is 0.508 e. The number of phenolic OH excluding ortho intramolecular Hbond substituents is 1. The van der Waals surface area contributed by atoms with Crippen LogP contribution < -0.4 is 0 Å². The third-order valence-electron chi connectivity index (χ3n) is 2.62. The molecule has 0 saturated heterocycles. The van der Waals surface area contributed by atoms with Gasteiger partial charge in [-0.1, -0.05) is 12.1 Å². The van der Waals surface area contributed by atoms with E-state index in [1.165, 1.54) is 0 Å². The summed E-state index contributed by atoms with van der Waals surface area (Å²) < 4.78 is 0.